The Hall–Kier alpha value is -3.98. The number of anilines is 1. The fourth-order valence-electron chi connectivity index (χ4n) is 3.40. The monoisotopic (exact) mass is 480 g/mol. The molecule has 0 spiro atoms. The molecule has 3 aromatic rings. The zero-order chi connectivity index (χ0) is 24.5. The summed E-state index contributed by atoms with van der Waals surface area (Å²) in [5.41, 5.74) is 2.73. The fourth-order valence-corrected chi connectivity index (χ4v) is 3.94. The Morgan fingerprint density at radius 2 is 1.74 bits per heavy atom. The van der Waals surface area contributed by atoms with Gasteiger partial charge >= 0.3 is 13.6 Å². The predicted molar refractivity (Wildman–Crippen MR) is 125 cm³/mol. The van der Waals surface area contributed by atoms with Crippen LogP contribution >= 0.6 is 7.60 Å². The molecular weight excluding hydrogens is 459 g/mol. The molecule has 10 nitrogen and oxygen atoms in total. The van der Waals surface area contributed by atoms with E-state index in [0.717, 1.165) is 10.5 Å². The van der Waals surface area contributed by atoms with Crippen molar-refractivity contribution >= 4 is 42.5 Å². The highest BCUT2D eigenvalue weighted by atomic mass is 31.2. The number of carbonyl (C=O) groups is 3. The molecule has 1 aromatic heterocycles. The first kappa shape index (κ1) is 23.2. The molecule has 4 N–H and O–H groups in total. The first-order valence-electron chi connectivity index (χ1n) is 10.2. The van der Waals surface area contributed by atoms with Gasteiger partial charge in [-0.05, 0) is 61.5 Å². The molecule has 0 radical (unpaired) electrons. The highest BCUT2D eigenvalue weighted by molar-refractivity contribution is 7.60. The standard InChI is InChI=1S/C23H21N4O6P/c1-15-4-6-16(7-5-15)24-21(28)14-27-22(29)20(25-23(27)30)13-18-3-2-12-26(18)17-8-10-19(11-9-17)34(31,32)33/h2-13H,14H2,1H3,(H,24,28)(H,25,30)(H2,31,32,33)/b20-13-. The second kappa shape index (κ2) is 9.11. The van der Waals surface area contributed by atoms with Gasteiger partial charge in [0.1, 0.15) is 12.2 Å². The van der Waals surface area contributed by atoms with Crippen LogP contribution in [-0.2, 0) is 14.2 Å². The molecule has 1 aliphatic rings. The van der Waals surface area contributed by atoms with E-state index in [4.69, 9.17) is 0 Å². The topological polar surface area (TPSA) is 141 Å². The molecule has 1 saturated heterocycles. The molecular formula is C23H21N4O6P. The van der Waals surface area contributed by atoms with Crippen LogP contribution in [-0.4, -0.2) is 43.6 Å². The summed E-state index contributed by atoms with van der Waals surface area (Å²) in [5, 5.41) is 5.02. The van der Waals surface area contributed by atoms with E-state index in [1.54, 1.807) is 35.0 Å². The number of aromatic nitrogens is 1. The molecule has 4 rings (SSSR count). The Morgan fingerprint density at radius 1 is 1.06 bits per heavy atom. The number of rotatable bonds is 6. The minimum Gasteiger partial charge on any atom is -0.325 e. The Bertz CT molecular complexity index is 1340. The van der Waals surface area contributed by atoms with Crippen molar-refractivity contribution < 1.29 is 28.7 Å². The number of imide groups is 1. The number of carbonyl (C=O) groups excluding carboxylic acids is 3. The lowest BCUT2D eigenvalue weighted by molar-refractivity contribution is -0.127. The van der Waals surface area contributed by atoms with Gasteiger partial charge in [-0.15, -0.1) is 0 Å². The molecule has 0 atom stereocenters. The van der Waals surface area contributed by atoms with Crippen LogP contribution in [0.3, 0.4) is 0 Å². The van der Waals surface area contributed by atoms with Gasteiger partial charge < -0.3 is 25.0 Å². The zero-order valence-corrected chi connectivity index (χ0v) is 18.9. The minimum absolute atomic E-state index is 0.0000708. The number of hydrogen-bond acceptors (Lipinski definition) is 4. The summed E-state index contributed by atoms with van der Waals surface area (Å²) < 4.78 is 13.1. The van der Waals surface area contributed by atoms with E-state index >= 15 is 0 Å². The quantitative estimate of drug-likeness (QED) is 0.242. The molecule has 174 valence electrons. The van der Waals surface area contributed by atoms with Crippen LogP contribution in [0.1, 0.15) is 11.3 Å². The van der Waals surface area contributed by atoms with Crippen molar-refractivity contribution in [1.82, 2.24) is 14.8 Å². The van der Waals surface area contributed by atoms with E-state index in [1.807, 2.05) is 19.1 Å². The Balaban J connectivity index is 1.50. The van der Waals surface area contributed by atoms with Gasteiger partial charge in [-0.25, -0.2) is 9.69 Å². The van der Waals surface area contributed by atoms with Gasteiger partial charge in [-0.1, -0.05) is 17.7 Å². The number of aryl methyl sites for hydroxylation is 1. The summed E-state index contributed by atoms with van der Waals surface area (Å²) >= 11 is 0. The largest absolute Gasteiger partial charge is 0.356 e. The van der Waals surface area contributed by atoms with Gasteiger partial charge in [-0.2, -0.15) is 0 Å². The van der Waals surface area contributed by atoms with Crippen LogP contribution < -0.4 is 15.9 Å². The average Bonchev–Trinajstić information content (AvgIpc) is 3.35. The maximum Gasteiger partial charge on any atom is 0.356 e. The third-order valence-electron chi connectivity index (χ3n) is 5.14. The normalized spacial score (nSPS) is 15.0. The van der Waals surface area contributed by atoms with E-state index in [0.29, 0.717) is 17.1 Å². The van der Waals surface area contributed by atoms with E-state index in [2.05, 4.69) is 10.6 Å². The number of benzene rings is 2. The van der Waals surface area contributed by atoms with Crippen LogP contribution in [0.25, 0.3) is 11.8 Å². The van der Waals surface area contributed by atoms with Crippen LogP contribution in [0.4, 0.5) is 10.5 Å². The van der Waals surface area contributed by atoms with Gasteiger partial charge in [0, 0.05) is 23.3 Å². The first-order valence-corrected chi connectivity index (χ1v) is 11.8. The van der Waals surface area contributed by atoms with Crippen LogP contribution in [0.15, 0.2) is 72.6 Å². The van der Waals surface area contributed by atoms with Crippen molar-refractivity contribution in [3.05, 3.63) is 83.8 Å². The van der Waals surface area contributed by atoms with E-state index in [9.17, 15) is 28.7 Å². The maximum absolute atomic E-state index is 12.8. The van der Waals surface area contributed by atoms with Crippen molar-refractivity contribution in [2.75, 3.05) is 11.9 Å². The molecule has 34 heavy (non-hydrogen) atoms. The van der Waals surface area contributed by atoms with Gasteiger partial charge in [0.15, 0.2) is 0 Å². The maximum atomic E-state index is 12.8. The SMILES string of the molecule is Cc1ccc(NC(=O)CN2C(=O)N/C(=C\c3cccn3-c3ccc(P(=O)(O)O)cc3)C2=O)cc1. The molecule has 4 amide bonds. The minimum atomic E-state index is -4.36. The summed E-state index contributed by atoms with van der Waals surface area (Å²) in [6, 6.07) is 15.6. The molecule has 0 aliphatic carbocycles. The number of hydrogen-bond donors (Lipinski definition) is 4. The van der Waals surface area contributed by atoms with Crippen LogP contribution in [0.5, 0.6) is 0 Å². The number of amides is 4. The summed E-state index contributed by atoms with van der Waals surface area (Å²) in [6.45, 7) is 1.47. The summed E-state index contributed by atoms with van der Waals surface area (Å²) in [6.07, 6.45) is 3.17. The second-order valence-electron chi connectivity index (χ2n) is 7.66. The van der Waals surface area contributed by atoms with Gasteiger partial charge in [0.05, 0.1) is 5.30 Å². The van der Waals surface area contributed by atoms with Crippen molar-refractivity contribution in [1.29, 1.82) is 0 Å². The van der Waals surface area contributed by atoms with Gasteiger partial charge in [-0.3, -0.25) is 14.2 Å². The Kier molecular flexibility index (Phi) is 6.21. The smallest absolute Gasteiger partial charge is 0.325 e. The fraction of sp³-hybridized carbons (Fsp3) is 0.0870. The number of urea groups is 1. The van der Waals surface area contributed by atoms with Crippen molar-refractivity contribution in [2.24, 2.45) is 0 Å². The lowest BCUT2D eigenvalue weighted by Gasteiger charge is -2.12. The van der Waals surface area contributed by atoms with E-state index < -0.39 is 32.0 Å². The molecule has 11 heteroatoms. The van der Waals surface area contributed by atoms with Crippen molar-refractivity contribution in [3.63, 3.8) is 0 Å². The van der Waals surface area contributed by atoms with Crippen molar-refractivity contribution in [3.8, 4) is 5.69 Å². The van der Waals surface area contributed by atoms with Crippen LogP contribution in [0.2, 0.25) is 0 Å². The second-order valence-corrected chi connectivity index (χ2v) is 9.26. The van der Waals surface area contributed by atoms with Gasteiger partial charge in [0.2, 0.25) is 5.91 Å². The first-order chi connectivity index (χ1) is 16.1. The molecule has 0 saturated carbocycles. The number of nitrogens with zero attached hydrogens (tertiary/aromatic N) is 2. The van der Waals surface area contributed by atoms with Gasteiger partial charge in [0.25, 0.3) is 5.91 Å². The highest BCUT2D eigenvalue weighted by Crippen LogP contribution is 2.33. The van der Waals surface area contributed by atoms with Crippen LogP contribution in [0, 0.1) is 6.92 Å². The lowest BCUT2D eigenvalue weighted by atomic mass is 10.2. The van der Waals surface area contributed by atoms with Crippen molar-refractivity contribution in [2.45, 2.75) is 6.92 Å². The molecule has 1 aliphatic heterocycles. The van der Waals surface area contributed by atoms with E-state index in [1.165, 1.54) is 30.3 Å². The zero-order valence-electron chi connectivity index (χ0n) is 18.0. The third kappa shape index (κ3) is 4.99. The molecule has 0 bridgehead atoms. The molecule has 1 fully saturated rings. The van der Waals surface area contributed by atoms with E-state index in [-0.39, 0.29) is 11.0 Å². The third-order valence-corrected chi connectivity index (χ3v) is 6.11. The summed E-state index contributed by atoms with van der Waals surface area (Å²) in [4.78, 5) is 56.8. The predicted octanol–water partition coefficient (Wildman–Crippen LogP) is 2.12. The summed E-state index contributed by atoms with van der Waals surface area (Å²) in [7, 11) is -4.36. The molecule has 2 heterocycles. The highest BCUT2D eigenvalue weighted by Gasteiger charge is 2.35. The Morgan fingerprint density at radius 3 is 2.38 bits per heavy atom. The molecule has 2 aromatic carbocycles. The molecule has 0 unspecified atom stereocenters. The number of nitrogens with one attached hydrogen (secondary N) is 2. The lowest BCUT2D eigenvalue weighted by Crippen LogP contribution is -2.38. The Labute approximate surface area is 194 Å². The summed E-state index contributed by atoms with van der Waals surface area (Å²) in [5.74, 6) is -1.16. The average molecular weight is 480 g/mol.